The van der Waals surface area contributed by atoms with E-state index in [9.17, 15) is 9.59 Å². The Morgan fingerprint density at radius 3 is 2.59 bits per heavy atom. The van der Waals surface area contributed by atoms with Crippen LogP contribution in [-0.4, -0.2) is 42.4 Å². The average Bonchev–Trinajstić information content (AvgIpc) is 2.22. The first-order valence-electron chi connectivity index (χ1n) is 5.93. The fraction of sp³-hybridized carbons (Fsp3) is 0.818. The van der Waals surface area contributed by atoms with Gasteiger partial charge in [0.2, 0.25) is 0 Å². The third-order valence-corrected chi connectivity index (χ3v) is 3.12. The maximum absolute atomic E-state index is 11.5. The Balaban J connectivity index is 2.07. The van der Waals surface area contributed by atoms with Crippen molar-refractivity contribution in [3.05, 3.63) is 0 Å². The van der Waals surface area contributed by atoms with Crippen LogP contribution in [0.2, 0.25) is 0 Å². The molecule has 0 aromatic carbocycles. The standard InChI is InChI=1S/C11H20N2O4/c1-2-11(4-3-5-11)13-10(16)12-6-7-17-8-9(14)15/h2-8H2,1H3,(H,14,15)(H2,12,13,16). The van der Waals surface area contributed by atoms with Gasteiger partial charge in [-0.3, -0.25) is 0 Å². The van der Waals surface area contributed by atoms with Crippen LogP contribution in [0.4, 0.5) is 4.79 Å². The third kappa shape index (κ3) is 4.60. The molecule has 0 heterocycles. The summed E-state index contributed by atoms with van der Waals surface area (Å²) in [4.78, 5) is 21.7. The van der Waals surface area contributed by atoms with Gasteiger partial charge in [-0.2, -0.15) is 0 Å². The quantitative estimate of drug-likeness (QED) is 0.576. The fourth-order valence-electron chi connectivity index (χ4n) is 1.85. The molecule has 2 amide bonds. The van der Waals surface area contributed by atoms with E-state index in [2.05, 4.69) is 17.6 Å². The minimum atomic E-state index is -1.01. The molecule has 3 N–H and O–H groups in total. The van der Waals surface area contributed by atoms with Crippen molar-refractivity contribution in [3.63, 3.8) is 0 Å². The number of amides is 2. The lowest BCUT2D eigenvalue weighted by molar-refractivity contribution is -0.142. The number of carbonyl (C=O) groups is 2. The van der Waals surface area contributed by atoms with Crippen LogP contribution in [0.3, 0.4) is 0 Å². The van der Waals surface area contributed by atoms with Crippen molar-refractivity contribution in [1.82, 2.24) is 10.6 Å². The molecule has 0 spiro atoms. The highest BCUT2D eigenvalue weighted by atomic mass is 16.5. The van der Waals surface area contributed by atoms with Gasteiger partial charge in [-0.1, -0.05) is 6.92 Å². The number of carboxylic acid groups (broad SMARTS) is 1. The molecule has 98 valence electrons. The van der Waals surface area contributed by atoms with Crippen LogP contribution < -0.4 is 10.6 Å². The van der Waals surface area contributed by atoms with Crippen molar-refractivity contribution in [2.24, 2.45) is 0 Å². The molecular formula is C11H20N2O4. The SMILES string of the molecule is CCC1(NC(=O)NCCOCC(=O)O)CCC1. The van der Waals surface area contributed by atoms with E-state index in [0.717, 1.165) is 25.7 Å². The highest BCUT2D eigenvalue weighted by molar-refractivity contribution is 5.74. The summed E-state index contributed by atoms with van der Waals surface area (Å²) in [6, 6.07) is -0.203. The van der Waals surface area contributed by atoms with Crippen LogP contribution >= 0.6 is 0 Å². The summed E-state index contributed by atoms with van der Waals surface area (Å²) < 4.78 is 4.80. The van der Waals surface area contributed by atoms with Gasteiger partial charge >= 0.3 is 12.0 Å². The van der Waals surface area contributed by atoms with Crippen molar-refractivity contribution in [3.8, 4) is 0 Å². The first-order chi connectivity index (χ1) is 8.08. The summed E-state index contributed by atoms with van der Waals surface area (Å²) in [6.07, 6.45) is 4.17. The number of urea groups is 1. The van der Waals surface area contributed by atoms with Gasteiger partial charge in [-0.15, -0.1) is 0 Å². The maximum atomic E-state index is 11.5. The van der Waals surface area contributed by atoms with Gasteiger partial charge in [0.25, 0.3) is 0 Å². The van der Waals surface area contributed by atoms with Crippen molar-refractivity contribution in [1.29, 1.82) is 0 Å². The summed E-state index contributed by atoms with van der Waals surface area (Å²) in [5.41, 5.74) is -0.0218. The lowest BCUT2D eigenvalue weighted by Crippen LogP contribution is -2.56. The molecule has 0 aliphatic heterocycles. The highest BCUT2D eigenvalue weighted by Gasteiger charge is 2.36. The van der Waals surface area contributed by atoms with E-state index >= 15 is 0 Å². The molecule has 0 atom stereocenters. The first kappa shape index (κ1) is 13.8. The van der Waals surface area contributed by atoms with Crippen molar-refractivity contribution >= 4 is 12.0 Å². The molecule has 6 nitrogen and oxygen atoms in total. The predicted molar refractivity (Wildman–Crippen MR) is 61.9 cm³/mol. The van der Waals surface area contributed by atoms with Gasteiger partial charge in [-0.05, 0) is 25.7 Å². The van der Waals surface area contributed by atoms with E-state index in [1.54, 1.807) is 0 Å². The second-order valence-electron chi connectivity index (χ2n) is 4.31. The summed E-state index contributed by atoms with van der Waals surface area (Å²) in [6.45, 7) is 2.26. The van der Waals surface area contributed by atoms with Gasteiger partial charge in [0.15, 0.2) is 0 Å². The number of hydrogen-bond donors (Lipinski definition) is 3. The zero-order valence-electron chi connectivity index (χ0n) is 10.1. The molecule has 1 aliphatic rings. The van der Waals surface area contributed by atoms with E-state index in [0.29, 0.717) is 6.54 Å². The molecular weight excluding hydrogens is 224 g/mol. The van der Waals surface area contributed by atoms with Crippen molar-refractivity contribution in [2.45, 2.75) is 38.1 Å². The summed E-state index contributed by atoms with van der Waals surface area (Å²) >= 11 is 0. The Labute approximate surface area is 101 Å². The van der Waals surface area contributed by atoms with Crippen molar-refractivity contribution < 1.29 is 19.4 Å². The monoisotopic (exact) mass is 244 g/mol. The zero-order chi connectivity index (χ0) is 12.7. The van der Waals surface area contributed by atoms with E-state index in [1.165, 1.54) is 0 Å². The Morgan fingerprint density at radius 1 is 1.41 bits per heavy atom. The molecule has 0 saturated heterocycles. The topological polar surface area (TPSA) is 87.7 Å². The van der Waals surface area contributed by atoms with Crippen LogP contribution in [0.15, 0.2) is 0 Å². The largest absolute Gasteiger partial charge is 0.480 e. The number of rotatable bonds is 7. The molecule has 6 heteroatoms. The number of aliphatic carboxylic acids is 1. The molecule has 0 unspecified atom stereocenters. The number of ether oxygens (including phenoxy) is 1. The first-order valence-corrected chi connectivity index (χ1v) is 5.93. The fourth-order valence-corrected chi connectivity index (χ4v) is 1.85. The van der Waals surface area contributed by atoms with Gasteiger partial charge in [0.1, 0.15) is 6.61 Å². The van der Waals surface area contributed by atoms with Crippen LogP contribution in [0.25, 0.3) is 0 Å². The Bertz CT molecular complexity index is 271. The molecule has 0 radical (unpaired) electrons. The summed E-state index contributed by atoms with van der Waals surface area (Å²) in [5, 5.41) is 13.9. The Morgan fingerprint density at radius 2 is 2.12 bits per heavy atom. The van der Waals surface area contributed by atoms with E-state index in [4.69, 9.17) is 9.84 Å². The minimum Gasteiger partial charge on any atom is -0.480 e. The minimum absolute atomic E-state index is 0.0218. The highest BCUT2D eigenvalue weighted by Crippen LogP contribution is 2.34. The van der Waals surface area contributed by atoms with E-state index in [-0.39, 0.29) is 24.8 Å². The third-order valence-electron chi connectivity index (χ3n) is 3.12. The van der Waals surface area contributed by atoms with Gasteiger partial charge in [0, 0.05) is 12.1 Å². The van der Waals surface area contributed by atoms with Gasteiger partial charge in [-0.25, -0.2) is 9.59 Å². The Hall–Kier alpha value is -1.30. The van der Waals surface area contributed by atoms with Crippen LogP contribution in [0.5, 0.6) is 0 Å². The van der Waals surface area contributed by atoms with Crippen LogP contribution in [0, 0.1) is 0 Å². The van der Waals surface area contributed by atoms with Crippen LogP contribution in [-0.2, 0) is 9.53 Å². The normalized spacial score (nSPS) is 17.0. The molecule has 0 aromatic heterocycles. The number of carbonyl (C=O) groups excluding carboxylic acids is 1. The lowest BCUT2D eigenvalue weighted by Gasteiger charge is -2.41. The van der Waals surface area contributed by atoms with E-state index < -0.39 is 5.97 Å². The number of nitrogens with one attached hydrogen (secondary N) is 2. The smallest absolute Gasteiger partial charge is 0.329 e. The Kier molecular flexibility index (Phi) is 5.21. The zero-order valence-corrected chi connectivity index (χ0v) is 10.1. The second-order valence-corrected chi connectivity index (χ2v) is 4.31. The van der Waals surface area contributed by atoms with Crippen LogP contribution in [0.1, 0.15) is 32.6 Å². The van der Waals surface area contributed by atoms with Gasteiger partial charge < -0.3 is 20.5 Å². The molecule has 1 fully saturated rings. The predicted octanol–water partition coefficient (Wildman–Crippen LogP) is 0.719. The molecule has 0 aromatic rings. The summed E-state index contributed by atoms with van der Waals surface area (Å²) in [7, 11) is 0. The van der Waals surface area contributed by atoms with E-state index in [1.807, 2.05) is 0 Å². The lowest BCUT2D eigenvalue weighted by atomic mass is 9.75. The molecule has 1 saturated carbocycles. The number of hydrogen-bond acceptors (Lipinski definition) is 3. The molecule has 1 aliphatic carbocycles. The molecule has 17 heavy (non-hydrogen) atoms. The second kappa shape index (κ2) is 6.44. The van der Waals surface area contributed by atoms with Gasteiger partial charge in [0.05, 0.1) is 6.61 Å². The average molecular weight is 244 g/mol. The molecule has 1 rings (SSSR count). The number of carboxylic acids is 1. The summed E-state index contributed by atoms with van der Waals surface area (Å²) in [5.74, 6) is -1.01. The molecule has 0 bridgehead atoms. The maximum Gasteiger partial charge on any atom is 0.329 e. The van der Waals surface area contributed by atoms with Crippen molar-refractivity contribution in [2.75, 3.05) is 19.8 Å².